The molecule has 1 aromatic heterocycles. The molecule has 0 saturated carbocycles. The molecular weight excluding hydrogens is 318 g/mol. The number of aromatic carboxylic acids is 1. The maximum atomic E-state index is 12.5. The van der Waals surface area contributed by atoms with Gasteiger partial charge in [-0.25, -0.2) is 4.79 Å². The summed E-state index contributed by atoms with van der Waals surface area (Å²) >= 11 is 0. The minimum absolute atomic E-state index is 0.0203. The number of aromatic nitrogens is 2. The van der Waals surface area contributed by atoms with Gasteiger partial charge in [0.2, 0.25) is 0 Å². The summed E-state index contributed by atoms with van der Waals surface area (Å²) in [7, 11) is 1.83. The molecule has 0 radical (unpaired) electrons. The third kappa shape index (κ3) is 3.73. The molecule has 3 rings (SSSR count). The number of carbonyl (C=O) groups is 2. The number of benzene rings is 1. The van der Waals surface area contributed by atoms with Crippen molar-refractivity contribution in [3.05, 3.63) is 52.8 Å². The number of piperidine rings is 1. The number of nitrogens with zero attached hydrogens (tertiary/aromatic N) is 3. The molecule has 0 bridgehead atoms. The highest BCUT2D eigenvalue weighted by Crippen LogP contribution is 2.24. The smallest absolute Gasteiger partial charge is 0.335 e. The maximum Gasteiger partial charge on any atom is 0.335 e. The highest BCUT2D eigenvalue weighted by Gasteiger charge is 2.26. The zero-order valence-corrected chi connectivity index (χ0v) is 14.6. The Morgan fingerprint density at radius 1 is 1.24 bits per heavy atom. The van der Waals surface area contributed by atoms with Crippen LogP contribution in [0.2, 0.25) is 0 Å². The lowest BCUT2D eigenvalue weighted by molar-refractivity contribution is 0.0683. The third-order valence-corrected chi connectivity index (χ3v) is 4.99. The van der Waals surface area contributed by atoms with E-state index >= 15 is 0 Å². The van der Waals surface area contributed by atoms with E-state index in [9.17, 15) is 14.7 Å². The predicted molar refractivity (Wildman–Crippen MR) is 93.7 cm³/mol. The molecule has 1 amide bonds. The Hall–Kier alpha value is -2.63. The van der Waals surface area contributed by atoms with Crippen LogP contribution in [0.4, 0.5) is 0 Å². The molecule has 1 saturated heterocycles. The highest BCUT2D eigenvalue weighted by atomic mass is 16.4. The lowest BCUT2D eigenvalue weighted by Gasteiger charge is -2.31. The second kappa shape index (κ2) is 7.09. The molecule has 25 heavy (non-hydrogen) atoms. The van der Waals surface area contributed by atoms with E-state index in [1.54, 1.807) is 16.8 Å². The zero-order valence-electron chi connectivity index (χ0n) is 14.6. The van der Waals surface area contributed by atoms with E-state index in [2.05, 4.69) is 5.10 Å². The van der Waals surface area contributed by atoms with Crippen molar-refractivity contribution in [3.8, 4) is 0 Å². The third-order valence-electron chi connectivity index (χ3n) is 4.99. The van der Waals surface area contributed by atoms with Crippen molar-refractivity contribution in [2.45, 2.75) is 26.2 Å². The first kappa shape index (κ1) is 17.2. The number of hydrogen-bond donors (Lipinski definition) is 1. The summed E-state index contributed by atoms with van der Waals surface area (Å²) in [6, 6.07) is 8.99. The van der Waals surface area contributed by atoms with Crippen LogP contribution in [0.3, 0.4) is 0 Å². The van der Waals surface area contributed by atoms with Gasteiger partial charge in [0.25, 0.3) is 5.91 Å². The predicted octanol–water partition coefficient (Wildman–Crippen LogP) is 2.52. The number of likely N-dealkylation sites (tertiary alicyclic amines) is 1. The molecule has 2 heterocycles. The topological polar surface area (TPSA) is 75.4 Å². The van der Waals surface area contributed by atoms with E-state index in [4.69, 9.17) is 0 Å². The van der Waals surface area contributed by atoms with Gasteiger partial charge in [0.15, 0.2) is 5.69 Å². The van der Waals surface area contributed by atoms with E-state index in [-0.39, 0.29) is 5.91 Å². The first-order chi connectivity index (χ1) is 12.0. The fourth-order valence-corrected chi connectivity index (χ4v) is 3.39. The molecule has 1 aliphatic heterocycles. The molecule has 1 aromatic carbocycles. The molecule has 0 spiro atoms. The first-order valence-corrected chi connectivity index (χ1v) is 8.57. The standard InChI is InChI=1S/C19H23N3O3/c1-13-11-17(20-21(13)2)18(23)22-9-7-14(8-10-22)12-15-5-3-4-6-16(15)19(24)25/h3-6,11,14H,7-10,12H2,1-2H3,(H,24,25). The van der Waals surface area contributed by atoms with Gasteiger partial charge >= 0.3 is 5.97 Å². The van der Waals surface area contributed by atoms with Gasteiger partial charge in [-0.1, -0.05) is 18.2 Å². The quantitative estimate of drug-likeness (QED) is 0.927. The van der Waals surface area contributed by atoms with Crippen LogP contribution < -0.4 is 0 Å². The Labute approximate surface area is 147 Å². The number of rotatable bonds is 4. The summed E-state index contributed by atoms with van der Waals surface area (Å²) in [4.78, 5) is 25.7. The second-order valence-electron chi connectivity index (χ2n) is 6.70. The minimum atomic E-state index is -0.881. The van der Waals surface area contributed by atoms with Crippen molar-refractivity contribution in [2.24, 2.45) is 13.0 Å². The molecule has 0 atom stereocenters. The van der Waals surface area contributed by atoms with E-state index in [0.717, 1.165) is 30.5 Å². The van der Waals surface area contributed by atoms with Crippen molar-refractivity contribution in [1.82, 2.24) is 14.7 Å². The van der Waals surface area contributed by atoms with Gasteiger partial charge < -0.3 is 10.0 Å². The van der Waals surface area contributed by atoms with Crippen LogP contribution in [0.5, 0.6) is 0 Å². The first-order valence-electron chi connectivity index (χ1n) is 8.57. The van der Waals surface area contributed by atoms with Crippen molar-refractivity contribution in [2.75, 3.05) is 13.1 Å². The Morgan fingerprint density at radius 2 is 1.92 bits per heavy atom. The number of carboxylic acid groups (broad SMARTS) is 1. The number of carbonyl (C=O) groups excluding carboxylic acids is 1. The lowest BCUT2D eigenvalue weighted by atomic mass is 9.88. The van der Waals surface area contributed by atoms with Gasteiger partial charge in [0, 0.05) is 25.8 Å². The van der Waals surface area contributed by atoms with Crippen LogP contribution in [0.25, 0.3) is 0 Å². The van der Waals surface area contributed by atoms with Gasteiger partial charge in [0.1, 0.15) is 0 Å². The van der Waals surface area contributed by atoms with Gasteiger partial charge in [-0.3, -0.25) is 9.48 Å². The second-order valence-corrected chi connectivity index (χ2v) is 6.70. The Balaban J connectivity index is 1.61. The molecule has 0 aliphatic carbocycles. The van der Waals surface area contributed by atoms with E-state index < -0.39 is 5.97 Å². The maximum absolute atomic E-state index is 12.5. The monoisotopic (exact) mass is 341 g/mol. The Bertz CT molecular complexity index is 769. The van der Waals surface area contributed by atoms with Crippen LogP contribution in [0, 0.1) is 12.8 Å². The van der Waals surface area contributed by atoms with Gasteiger partial charge in [-0.2, -0.15) is 5.10 Å². The van der Waals surface area contributed by atoms with Gasteiger partial charge in [-0.15, -0.1) is 0 Å². The van der Waals surface area contributed by atoms with E-state index in [0.29, 0.717) is 30.3 Å². The van der Waals surface area contributed by atoms with Crippen LogP contribution in [0.1, 0.15) is 44.9 Å². The molecule has 6 nitrogen and oxygen atoms in total. The van der Waals surface area contributed by atoms with Crippen molar-refractivity contribution < 1.29 is 14.7 Å². The summed E-state index contributed by atoms with van der Waals surface area (Å²) in [5.41, 5.74) is 2.71. The van der Waals surface area contributed by atoms with Crippen LogP contribution in [0.15, 0.2) is 30.3 Å². The molecule has 1 N–H and O–H groups in total. The Morgan fingerprint density at radius 3 is 2.52 bits per heavy atom. The largest absolute Gasteiger partial charge is 0.478 e. The van der Waals surface area contributed by atoms with E-state index in [1.807, 2.05) is 37.1 Å². The molecule has 132 valence electrons. The summed E-state index contributed by atoms with van der Waals surface area (Å²) < 4.78 is 1.71. The fourth-order valence-electron chi connectivity index (χ4n) is 3.39. The molecule has 1 aliphatic rings. The fraction of sp³-hybridized carbons (Fsp3) is 0.421. The van der Waals surface area contributed by atoms with Crippen LogP contribution >= 0.6 is 0 Å². The number of hydrogen-bond acceptors (Lipinski definition) is 3. The summed E-state index contributed by atoms with van der Waals surface area (Å²) in [6.07, 6.45) is 2.50. The molecule has 1 fully saturated rings. The number of amides is 1. The highest BCUT2D eigenvalue weighted by molar-refractivity contribution is 5.92. The van der Waals surface area contributed by atoms with Gasteiger partial charge in [0.05, 0.1) is 5.56 Å². The number of carboxylic acids is 1. The molecule has 6 heteroatoms. The van der Waals surface area contributed by atoms with Gasteiger partial charge in [-0.05, 0) is 49.8 Å². The average molecular weight is 341 g/mol. The molecule has 0 unspecified atom stereocenters. The summed E-state index contributed by atoms with van der Waals surface area (Å²) in [5.74, 6) is -0.503. The summed E-state index contributed by atoms with van der Waals surface area (Å²) in [5, 5.41) is 13.6. The van der Waals surface area contributed by atoms with Crippen molar-refractivity contribution in [1.29, 1.82) is 0 Å². The van der Waals surface area contributed by atoms with Crippen molar-refractivity contribution >= 4 is 11.9 Å². The SMILES string of the molecule is Cc1cc(C(=O)N2CCC(Cc3ccccc3C(=O)O)CC2)nn1C. The minimum Gasteiger partial charge on any atom is -0.478 e. The van der Waals surface area contributed by atoms with Crippen molar-refractivity contribution in [3.63, 3.8) is 0 Å². The Kier molecular flexibility index (Phi) is 4.88. The van der Waals surface area contributed by atoms with E-state index in [1.165, 1.54) is 0 Å². The lowest BCUT2D eigenvalue weighted by Crippen LogP contribution is -2.39. The normalized spacial score (nSPS) is 15.4. The molecule has 2 aromatic rings. The number of aryl methyl sites for hydroxylation is 2. The van der Waals surface area contributed by atoms with Crippen LogP contribution in [-0.2, 0) is 13.5 Å². The van der Waals surface area contributed by atoms with Crippen LogP contribution in [-0.4, -0.2) is 44.8 Å². The molecular formula is C19H23N3O3. The average Bonchev–Trinajstić information content (AvgIpc) is 2.94. The zero-order chi connectivity index (χ0) is 18.0. The summed E-state index contributed by atoms with van der Waals surface area (Å²) in [6.45, 7) is 3.30.